The molecule has 0 aliphatic carbocycles. The van der Waals surface area contributed by atoms with Crippen molar-refractivity contribution in [1.29, 1.82) is 0 Å². The van der Waals surface area contributed by atoms with Gasteiger partial charge in [-0.05, 0) is 30.4 Å². The van der Waals surface area contributed by atoms with Crippen LogP contribution in [0.5, 0.6) is 5.75 Å². The molecule has 0 fully saturated rings. The van der Waals surface area contributed by atoms with Gasteiger partial charge in [0.15, 0.2) is 0 Å². The third-order valence-corrected chi connectivity index (χ3v) is 2.56. The minimum Gasteiger partial charge on any atom is -0.496 e. The summed E-state index contributed by atoms with van der Waals surface area (Å²) in [5.74, 6) is 1.66. The van der Waals surface area contributed by atoms with Crippen molar-refractivity contribution in [2.24, 2.45) is 0 Å². The van der Waals surface area contributed by atoms with E-state index in [2.05, 4.69) is 26.0 Å². The Bertz CT molecular complexity index is 251. The molecule has 0 saturated heterocycles. The van der Waals surface area contributed by atoms with Gasteiger partial charge in [0.25, 0.3) is 0 Å². The largest absolute Gasteiger partial charge is 0.496 e. The maximum absolute atomic E-state index is 5.33. The maximum Gasteiger partial charge on any atom is 0.122 e. The zero-order chi connectivity index (χ0) is 9.68. The van der Waals surface area contributed by atoms with Crippen LogP contribution in [0.4, 0.5) is 0 Å². The monoisotopic (exact) mass is 178 g/mol. The molecule has 0 amide bonds. The van der Waals surface area contributed by atoms with Crippen molar-refractivity contribution in [1.82, 2.24) is 0 Å². The van der Waals surface area contributed by atoms with Crippen LogP contribution in [0.15, 0.2) is 24.3 Å². The number of benzene rings is 1. The first-order valence-corrected chi connectivity index (χ1v) is 4.96. The standard InChI is InChI=1S/C12H18O/c1-4-10(5-2)11-8-6-7-9-12(11)13-3/h6-10H,4-5H2,1-3H3. The Labute approximate surface area is 80.7 Å². The van der Waals surface area contributed by atoms with E-state index in [1.807, 2.05) is 12.1 Å². The highest BCUT2D eigenvalue weighted by molar-refractivity contribution is 5.35. The lowest BCUT2D eigenvalue weighted by Gasteiger charge is -2.15. The molecular weight excluding hydrogens is 160 g/mol. The molecule has 0 atom stereocenters. The van der Waals surface area contributed by atoms with E-state index in [1.165, 1.54) is 18.4 Å². The molecule has 0 radical (unpaired) electrons. The third-order valence-electron chi connectivity index (χ3n) is 2.56. The lowest BCUT2D eigenvalue weighted by Crippen LogP contribution is -1.98. The Morgan fingerprint density at radius 1 is 1.15 bits per heavy atom. The van der Waals surface area contributed by atoms with Gasteiger partial charge >= 0.3 is 0 Å². The Hall–Kier alpha value is -0.980. The molecule has 1 aromatic rings. The van der Waals surface area contributed by atoms with Gasteiger partial charge in [0, 0.05) is 0 Å². The summed E-state index contributed by atoms with van der Waals surface area (Å²) < 4.78 is 5.33. The van der Waals surface area contributed by atoms with Gasteiger partial charge < -0.3 is 4.74 Å². The second-order valence-corrected chi connectivity index (χ2v) is 3.26. The topological polar surface area (TPSA) is 9.23 Å². The highest BCUT2D eigenvalue weighted by Crippen LogP contribution is 2.30. The van der Waals surface area contributed by atoms with Crippen LogP contribution in [-0.4, -0.2) is 7.11 Å². The maximum atomic E-state index is 5.33. The molecule has 0 bridgehead atoms. The number of ether oxygens (including phenoxy) is 1. The number of hydrogen-bond donors (Lipinski definition) is 0. The highest BCUT2D eigenvalue weighted by Gasteiger charge is 2.10. The Morgan fingerprint density at radius 2 is 1.77 bits per heavy atom. The highest BCUT2D eigenvalue weighted by atomic mass is 16.5. The molecule has 1 nitrogen and oxygen atoms in total. The predicted octanol–water partition coefficient (Wildman–Crippen LogP) is 3.60. The molecule has 0 aliphatic heterocycles. The average molecular weight is 178 g/mol. The molecule has 0 aromatic heterocycles. The van der Waals surface area contributed by atoms with Crippen molar-refractivity contribution in [2.75, 3.05) is 7.11 Å². The summed E-state index contributed by atoms with van der Waals surface area (Å²) in [6, 6.07) is 8.30. The number of methoxy groups -OCH3 is 1. The molecule has 0 N–H and O–H groups in total. The van der Waals surface area contributed by atoms with E-state index in [-0.39, 0.29) is 0 Å². The first-order valence-electron chi connectivity index (χ1n) is 4.96. The molecule has 0 unspecified atom stereocenters. The van der Waals surface area contributed by atoms with Crippen molar-refractivity contribution in [3.8, 4) is 5.75 Å². The van der Waals surface area contributed by atoms with Crippen molar-refractivity contribution in [3.63, 3.8) is 0 Å². The fourth-order valence-corrected chi connectivity index (χ4v) is 1.73. The zero-order valence-corrected chi connectivity index (χ0v) is 8.71. The Balaban J connectivity index is 2.96. The van der Waals surface area contributed by atoms with Crippen molar-refractivity contribution >= 4 is 0 Å². The number of para-hydroxylation sites is 1. The Kier molecular flexibility index (Phi) is 3.81. The van der Waals surface area contributed by atoms with Crippen LogP contribution in [0.25, 0.3) is 0 Å². The summed E-state index contributed by atoms with van der Waals surface area (Å²) in [6.07, 6.45) is 2.35. The van der Waals surface area contributed by atoms with Crippen LogP contribution in [0.1, 0.15) is 38.2 Å². The van der Waals surface area contributed by atoms with Crippen LogP contribution in [-0.2, 0) is 0 Å². The van der Waals surface area contributed by atoms with E-state index < -0.39 is 0 Å². The van der Waals surface area contributed by atoms with Gasteiger partial charge in [-0.1, -0.05) is 32.0 Å². The molecule has 72 valence electrons. The lowest BCUT2D eigenvalue weighted by atomic mass is 9.93. The van der Waals surface area contributed by atoms with Gasteiger partial charge in [-0.2, -0.15) is 0 Å². The third kappa shape index (κ3) is 2.24. The normalized spacial score (nSPS) is 10.5. The SMILES string of the molecule is CCC(CC)c1ccccc1OC. The van der Waals surface area contributed by atoms with Crippen LogP contribution in [0, 0.1) is 0 Å². The molecule has 13 heavy (non-hydrogen) atoms. The predicted molar refractivity (Wildman–Crippen MR) is 56.3 cm³/mol. The quantitative estimate of drug-likeness (QED) is 0.684. The van der Waals surface area contributed by atoms with Crippen LogP contribution >= 0.6 is 0 Å². The van der Waals surface area contributed by atoms with Crippen molar-refractivity contribution in [2.45, 2.75) is 32.6 Å². The Morgan fingerprint density at radius 3 is 2.31 bits per heavy atom. The molecule has 0 saturated carbocycles. The lowest BCUT2D eigenvalue weighted by molar-refractivity contribution is 0.403. The summed E-state index contributed by atoms with van der Waals surface area (Å²) >= 11 is 0. The molecule has 1 rings (SSSR count). The van der Waals surface area contributed by atoms with Gasteiger partial charge in [0.1, 0.15) is 5.75 Å². The van der Waals surface area contributed by atoms with E-state index in [0.29, 0.717) is 5.92 Å². The summed E-state index contributed by atoms with van der Waals surface area (Å²) in [6.45, 7) is 4.45. The first kappa shape index (κ1) is 10.1. The van der Waals surface area contributed by atoms with Crippen LogP contribution in [0.2, 0.25) is 0 Å². The fourth-order valence-electron chi connectivity index (χ4n) is 1.73. The average Bonchev–Trinajstić information content (AvgIpc) is 2.20. The van der Waals surface area contributed by atoms with Gasteiger partial charge in [0.05, 0.1) is 7.11 Å². The van der Waals surface area contributed by atoms with Crippen LogP contribution < -0.4 is 4.74 Å². The molecule has 0 spiro atoms. The summed E-state index contributed by atoms with van der Waals surface area (Å²) in [5.41, 5.74) is 1.34. The molecule has 0 aliphatic rings. The molecule has 0 heterocycles. The first-order chi connectivity index (χ1) is 6.33. The summed E-state index contributed by atoms with van der Waals surface area (Å²) in [4.78, 5) is 0. The minimum absolute atomic E-state index is 0.635. The number of hydrogen-bond acceptors (Lipinski definition) is 1. The smallest absolute Gasteiger partial charge is 0.122 e. The van der Waals surface area contributed by atoms with E-state index in [0.717, 1.165) is 5.75 Å². The minimum atomic E-state index is 0.635. The van der Waals surface area contributed by atoms with E-state index >= 15 is 0 Å². The van der Waals surface area contributed by atoms with Crippen molar-refractivity contribution < 1.29 is 4.74 Å². The van der Waals surface area contributed by atoms with E-state index in [4.69, 9.17) is 4.74 Å². The fraction of sp³-hybridized carbons (Fsp3) is 0.500. The molecule has 1 heteroatoms. The van der Waals surface area contributed by atoms with Gasteiger partial charge in [0.2, 0.25) is 0 Å². The van der Waals surface area contributed by atoms with E-state index in [9.17, 15) is 0 Å². The van der Waals surface area contributed by atoms with Gasteiger partial charge in [-0.3, -0.25) is 0 Å². The van der Waals surface area contributed by atoms with Crippen LogP contribution in [0.3, 0.4) is 0 Å². The summed E-state index contributed by atoms with van der Waals surface area (Å²) in [5, 5.41) is 0. The van der Waals surface area contributed by atoms with Gasteiger partial charge in [-0.25, -0.2) is 0 Å². The van der Waals surface area contributed by atoms with E-state index in [1.54, 1.807) is 7.11 Å². The summed E-state index contributed by atoms with van der Waals surface area (Å²) in [7, 11) is 1.74. The zero-order valence-electron chi connectivity index (χ0n) is 8.71. The van der Waals surface area contributed by atoms with Crippen molar-refractivity contribution in [3.05, 3.63) is 29.8 Å². The molecular formula is C12H18O. The number of rotatable bonds is 4. The molecule has 1 aromatic carbocycles. The van der Waals surface area contributed by atoms with Gasteiger partial charge in [-0.15, -0.1) is 0 Å². The second-order valence-electron chi connectivity index (χ2n) is 3.26. The second kappa shape index (κ2) is 4.90.